The topological polar surface area (TPSA) is 70.1 Å². The third-order valence-corrected chi connectivity index (χ3v) is 4.66. The lowest BCUT2D eigenvalue weighted by atomic mass is 9.90. The molecule has 1 amide bonds. The van der Waals surface area contributed by atoms with Gasteiger partial charge in [0.1, 0.15) is 6.04 Å². The summed E-state index contributed by atoms with van der Waals surface area (Å²) in [6.45, 7) is 0.495. The summed E-state index contributed by atoms with van der Waals surface area (Å²) in [5.41, 5.74) is 0. The van der Waals surface area contributed by atoms with Gasteiger partial charge in [-0.3, -0.25) is 9.69 Å². The quantitative estimate of drug-likeness (QED) is 0.852. The average molecular weight is 338 g/mol. The van der Waals surface area contributed by atoms with Crippen LogP contribution in [0.2, 0.25) is 0 Å². The molecule has 9 heteroatoms. The molecular weight excluding hydrogens is 317 g/mol. The van der Waals surface area contributed by atoms with Crippen LogP contribution < -0.4 is 0 Å². The van der Waals surface area contributed by atoms with Crippen molar-refractivity contribution in [2.24, 2.45) is 5.92 Å². The Bertz CT molecular complexity index is 458. The number of carbonyl (C=O) groups is 2. The van der Waals surface area contributed by atoms with Gasteiger partial charge in [0.15, 0.2) is 0 Å². The highest BCUT2D eigenvalue weighted by atomic mass is 19.4. The summed E-state index contributed by atoms with van der Waals surface area (Å²) in [5.74, 6) is -1.62. The molecule has 2 heterocycles. The zero-order valence-electron chi connectivity index (χ0n) is 12.9. The zero-order valence-corrected chi connectivity index (χ0v) is 12.9. The first-order valence-corrected chi connectivity index (χ1v) is 7.62. The van der Waals surface area contributed by atoms with Gasteiger partial charge in [0.05, 0.1) is 13.0 Å². The monoisotopic (exact) mass is 338 g/mol. The predicted octanol–water partition coefficient (Wildman–Crippen LogP) is 1.94. The fourth-order valence-electron chi connectivity index (χ4n) is 3.49. The van der Waals surface area contributed by atoms with E-state index in [0.29, 0.717) is 13.0 Å². The van der Waals surface area contributed by atoms with Gasteiger partial charge < -0.3 is 14.7 Å². The maximum atomic E-state index is 13.1. The molecule has 1 N–H and O–H groups in total. The molecule has 3 unspecified atom stereocenters. The molecule has 2 saturated heterocycles. The molecule has 3 atom stereocenters. The van der Waals surface area contributed by atoms with E-state index in [-0.39, 0.29) is 32.4 Å². The van der Waals surface area contributed by atoms with E-state index >= 15 is 0 Å². The summed E-state index contributed by atoms with van der Waals surface area (Å²) in [6.07, 6.45) is -4.03. The summed E-state index contributed by atoms with van der Waals surface area (Å²) >= 11 is 0. The highest BCUT2D eigenvalue weighted by Crippen LogP contribution is 2.34. The van der Waals surface area contributed by atoms with Gasteiger partial charge in [0.25, 0.3) is 0 Å². The Kier molecular flexibility index (Phi) is 5.38. The van der Waals surface area contributed by atoms with Crippen LogP contribution in [-0.2, 0) is 9.53 Å². The molecule has 2 rings (SSSR count). The summed E-state index contributed by atoms with van der Waals surface area (Å²) in [7, 11) is 1.21. The molecule has 0 radical (unpaired) electrons. The number of alkyl halides is 3. The highest BCUT2D eigenvalue weighted by molar-refractivity contribution is 5.72. The third-order valence-electron chi connectivity index (χ3n) is 4.66. The average Bonchev–Trinajstić information content (AvgIpc) is 2.94. The highest BCUT2D eigenvalue weighted by Gasteiger charge is 2.47. The van der Waals surface area contributed by atoms with E-state index in [0.717, 1.165) is 0 Å². The van der Waals surface area contributed by atoms with Gasteiger partial charge in [-0.05, 0) is 32.2 Å². The van der Waals surface area contributed by atoms with Gasteiger partial charge in [-0.2, -0.15) is 13.2 Å². The van der Waals surface area contributed by atoms with Crippen molar-refractivity contribution in [3.8, 4) is 0 Å². The largest absolute Gasteiger partial charge is 0.481 e. The van der Waals surface area contributed by atoms with Crippen molar-refractivity contribution in [1.29, 1.82) is 0 Å². The summed E-state index contributed by atoms with van der Waals surface area (Å²) in [4.78, 5) is 25.7. The Balaban J connectivity index is 2.11. The van der Waals surface area contributed by atoms with Gasteiger partial charge in [-0.1, -0.05) is 0 Å². The third kappa shape index (κ3) is 4.07. The number of aliphatic carboxylic acids is 1. The number of likely N-dealkylation sites (tertiary alicyclic amines) is 2. The molecular formula is C14H21F3N2O4. The normalized spacial score (nSPS) is 29.6. The second-order valence-corrected chi connectivity index (χ2v) is 6.07. The number of hydrogen-bond donors (Lipinski definition) is 1. The van der Waals surface area contributed by atoms with Crippen LogP contribution in [0.3, 0.4) is 0 Å². The van der Waals surface area contributed by atoms with Crippen molar-refractivity contribution in [1.82, 2.24) is 9.80 Å². The lowest BCUT2D eigenvalue weighted by Gasteiger charge is -2.40. The SMILES string of the molecule is COC(=O)N1CCC(C(=O)O)CC1CN1CCCC1C(F)(F)F. The number of hydrogen-bond acceptors (Lipinski definition) is 4. The number of carboxylic acid groups (broad SMARTS) is 1. The maximum Gasteiger partial charge on any atom is 0.409 e. The molecule has 6 nitrogen and oxygen atoms in total. The minimum absolute atomic E-state index is 0.0169. The molecule has 0 aromatic rings. The fraction of sp³-hybridized carbons (Fsp3) is 0.857. The van der Waals surface area contributed by atoms with Crippen LogP contribution in [0.25, 0.3) is 0 Å². The predicted molar refractivity (Wildman–Crippen MR) is 73.9 cm³/mol. The summed E-state index contributed by atoms with van der Waals surface area (Å²) in [6, 6.07) is -2.10. The standard InChI is InChI=1S/C14H21F3N2O4/c1-23-13(22)19-6-4-9(12(20)21)7-10(19)8-18-5-2-3-11(18)14(15,16)17/h9-11H,2-8H2,1H3,(H,20,21). The summed E-state index contributed by atoms with van der Waals surface area (Å²) in [5, 5.41) is 9.15. The number of halogens is 3. The second kappa shape index (κ2) is 6.94. The molecule has 23 heavy (non-hydrogen) atoms. The minimum atomic E-state index is -4.31. The number of carbonyl (C=O) groups excluding carboxylic acids is 1. The van der Waals surface area contributed by atoms with E-state index < -0.39 is 36.2 Å². The van der Waals surface area contributed by atoms with Crippen molar-refractivity contribution < 1.29 is 32.6 Å². The molecule has 2 aliphatic heterocycles. The Morgan fingerprint density at radius 3 is 2.52 bits per heavy atom. The molecule has 2 fully saturated rings. The first-order valence-electron chi connectivity index (χ1n) is 7.62. The molecule has 0 aromatic heterocycles. The van der Waals surface area contributed by atoms with Crippen LogP contribution in [0.4, 0.5) is 18.0 Å². The number of ether oxygens (including phenoxy) is 1. The second-order valence-electron chi connectivity index (χ2n) is 6.07. The van der Waals surface area contributed by atoms with Crippen LogP contribution in [0.15, 0.2) is 0 Å². The van der Waals surface area contributed by atoms with E-state index in [2.05, 4.69) is 4.74 Å². The van der Waals surface area contributed by atoms with Gasteiger partial charge in [0, 0.05) is 19.1 Å². The van der Waals surface area contributed by atoms with Gasteiger partial charge >= 0.3 is 18.2 Å². The van der Waals surface area contributed by atoms with E-state index in [9.17, 15) is 22.8 Å². The van der Waals surface area contributed by atoms with Crippen LogP contribution in [0, 0.1) is 5.92 Å². The van der Waals surface area contributed by atoms with Crippen molar-refractivity contribution in [3.05, 3.63) is 0 Å². The number of methoxy groups -OCH3 is 1. The van der Waals surface area contributed by atoms with E-state index in [1.54, 1.807) is 0 Å². The first kappa shape index (κ1) is 17.8. The van der Waals surface area contributed by atoms with E-state index in [1.807, 2.05) is 0 Å². The number of nitrogens with zero attached hydrogens (tertiary/aromatic N) is 2. The molecule has 0 bridgehead atoms. The number of carboxylic acids is 1. The van der Waals surface area contributed by atoms with Gasteiger partial charge in [0.2, 0.25) is 0 Å². The Morgan fingerprint density at radius 1 is 1.26 bits per heavy atom. The van der Waals surface area contributed by atoms with Crippen molar-refractivity contribution in [3.63, 3.8) is 0 Å². The van der Waals surface area contributed by atoms with Gasteiger partial charge in [-0.15, -0.1) is 0 Å². The molecule has 0 aliphatic carbocycles. The molecule has 132 valence electrons. The Labute approximate surface area is 132 Å². The van der Waals surface area contributed by atoms with Crippen molar-refractivity contribution in [2.75, 3.05) is 26.7 Å². The van der Waals surface area contributed by atoms with E-state index in [4.69, 9.17) is 5.11 Å². The number of piperidine rings is 1. The van der Waals surface area contributed by atoms with Crippen LogP contribution >= 0.6 is 0 Å². The van der Waals surface area contributed by atoms with Crippen LogP contribution in [0.5, 0.6) is 0 Å². The lowest BCUT2D eigenvalue weighted by molar-refractivity contribution is -0.178. The number of amides is 1. The minimum Gasteiger partial charge on any atom is -0.481 e. The van der Waals surface area contributed by atoms with Crippen LogP contribution in [-0.4, -0.2) is 72.0 Å². The molecule has 0 spiro atoms. The molecule has 2 aliphatic rings. The fourth-order valence-corrected chi connectivity index (χ4v) is 3.49. The Morgan fingerprint density at radius 2 is 1.96 bits per heavy atom. The summed E-state index contributed by atoms with van der Waals surface area (Å²) < 4.78 is 43.8. The number of rotatable bonds is 3. The smallest absolute Gasteiger partial charge is 0.409 e. The lowest BCUT2D eigenvalue weighted by Crippen LogP contribution is -2.54. The molecule has 0 aromatic carbocycles. The van der Waals surface area contributed by atoms with Crippen molar-refractivity contribution >= 4 is 12.1 Å². The Hall–Kier alpha value is -1.51. The van der Waals surface area contributed by atoms with Gasteiger partial charge in [-0.25, -0.2) is 4.79 Å². The van der Waals surface area contributed by atoms with Crippen molar-refractivity contribution in [2.45, 2.75) is 43.9 Å². The first-order chi connectivity index (χ1) is 10.7. The maximum absolute atomic E-state index is 13.1. The zero-order chi connectivity index (χ0) is 17.2. The van der Waals surface area contributed by atoms with E-state index in [1.165, 1.54) is 16.9 Å². The van der Waals surface area contributed by atoms with Crippen LogP contribution in [0.1, 0.15) is 25.7 Å². The molecule has 0 saturated carbocycles.